The zero-order valence-electron chi connectivity index (χ0n) is 15.8. The minimum absolute atomic E-state index is 0. The maximum atomic E-state index is 13.7. The van der Waals surface area contributed by atoms with Crippen LogP contribution in [0.3, 0.4) is 0 Å². The van der Waals surface area contributed by atoms with Crippen molar-refractivity contribution in [3.05, 3.63) is 57.5 Å². The van der Waals surface area contributed by atoms with Crippen LogP contribution in [0.15, 0.2) is 40.0 Å². The first-order valence-electron chi connectivity index (χ1n) is 8.49. The summed E-state index contributed by atoms with van der Waals surface area (Å²) in [6, 6.07) is 6.81. The summed E-state index contributed by atoms with van der Waals surface area (Å²) in [4.78, 5) is 4.52. The van der Waals surface area contributed by atoms with Crippen LogP contribution < -0.4 is 10.6 Å². The molecule has 3 N–H and O–H groups in total. The predicted molar refractivity (Wildman–Crippen MR) is 119 cm³/mol. The Morgan fingerprint density at radius 1 is 1.33 bits per heavy atom. The monoisotopic (exact) mass is 507 g/mol. The molecule has 27 heavy (non-hydrogen) atoms. The van der Waals surface area contributed by atoms with Gasteiger partial charge in [0, 0.05) is 19.2 Å². The first-order chi connectivity index (χ1) is 12.5. The normalized spacial score (nSPS) is 13.6. The number of nitrogens with zero attached hydrogens (tertiary/aromatic N) is 1. The zero-order chi connectivity index (χ0) is 19.0. The molecular formula is C19H27FIN3O2S. The number of rotatable bonds is 8. The molecule has 1 aromatic carbocycles. The van der Waals surface area contributed by atoms with Gasteiger partial charge in [-0.2, -0.15) is 11.3 Å². The molecule has 150 valence electrons. The van der Waals surface area contributed by atoms with Crippen LogP contribution in [0.2, 0.25) is 0 Å². The Bertz CT molecular complexity index is 724. The van der Waals surface area contributed by atoms with Gasteiger partial charge in [-0.3, -0.25) is 0 Å². The predicted octanol–water partition coefficient (Wildman–Crippen LogP) is 3.61. The molecule has 0 spiro atoms. The summed E-state index contributed by atoms with van der Waals surface area (Å²) in [6.07, 6.45) is 0. The lowest BCUT2D eigenvalue weighted by Gasteiger charge is -2.24. The third kappa shape index (κ3) is 7.36. The lowest BCUT2D eigenvalue weighted by atomic mass is 9.99. The first kappa shape index (κ1) is 23.8. The fraction of sp³-hybridized carbons (Fsp3) is 0.421. The Balaban J connectivity index is 0.00000364. The standard InChI is InChI=1S/C19H26FN3O2S.HI/c1-4-21-18(23-13-19(2,24)16-7-8-26-12-16)22-10-14-5-6-17(20)15(9-14)11-25-3;/h5-9,12,24H,4,10-11,13H2,1-3H3,(H2,21,22,23);1H. The molecule has 0 aliphatic heterocycles. The number of guanidine groups is 1. The molecule has 0 fully saturated rings. The molecule has 1 heterocycles. The molecule has 0 aliphatic carbocycles. The smallest absolute Gasteiger partial charge is 0.191 e. The van der Waals surface area contributed by atoms with E-state index in [1.807, 2.05) is 23.8 Å². The Labute approximate surface area is 181 Å². The highest BCUT2D eigenvalue weighted by atomic mass is 127. The van der Waals surface area contributed by atoms with Gasteiger partial charge in [-0.25, -0.2) is 9.38 Å². The number of methoxy groups -OCH3 is 1. The molecule has 0 amide bonds. The topological polar surface area (TPSA) is 65.9 Å². The van der Waals surface area contributed by atoms with Gasteiger partial charge in [-0.15, -0.1) is 24.0 Å². The van der Waals surface area contributed by atoms with Crippen molar-refractivity contribution in [3.8, 4) is 0 Å². The average molecular weight is 507 g/mol. The minimum atomic E-state index is -0.988. The number of halogens is 2. The van der Waals surface area contributed by atoms with Crippen LogP contribution in [0.1, 0.15) is 30.5 Å². The third-order valence-electron chi connectivity index (χ3n) is 3.92. The maximum Gasteiger partial charge on any atom is 0.191 e. The van der Waals surface area contributed by atoms with E-state index in [4.69, 9.17) is 4.74 Å². The quantitative estimate of drug-likeness (QED) is 0.290. The second-order valence-corrected chi connectivity index (χ2v) is 6.97. The molecule has 0 radical (unpaired) electrons. The Kier molecular flexibility index (Phi) is 10.2. The molecule has 1 atom stereocenters. The molecule has 2 rings (SSSR count). The molecule has 0 bridgehead atoms. The number of hydrogen-bond acceptors (Lipinski definition) is 4. The largest absolute Gasteiger partial charge is 0.384 e. The number of hydrogen-bond donors (Lipinski definition) is 3. The summed E-state index contributed by atoms with van der Waals surface area (Å²) >= 11 is 1.55. The van der Waals surface area contributed by atoms with Crippen LogP contribution in [0.5, 0.6) is 0 Å². The first-order valence-corrected chi connectivity index (χ1v) is 9.44. The van der Waals surface area contributed by atoms with Crippen molar-refractivity contribution in [2.75, 3.05) is 20.2 Å². The van der Waals surface area contributed by atoms with Crippen LogP contribution in [0.25, 0.3) is 0 Å². The van der Waals surface area contributed by atoms with Gasteiger partial charge in [0.25, 0.3) is 0 Å². The number of nitrogens with one attached hydrogen (secondary N) is 2. The van der Waals surface area contributed by atoms with Gasteiger partial charge in [0.2, 0.25) is 0 Å². The minimum Gasteiger partial charge on any atom is -0.384 e. The zero-order valence-corrected chi connectivity index (χ0v) is 18.9. The van der Waals surface area contributed by atoms with E-state index < -0.39 is 5.60 Å². The SMILES string of the molecule is CCNC(=NCc1ccc(F)c(COC)c1)NCC(C)(O)c1ccsc1.I. The molecule has 0 saturated carbocycles. The highest BCUT2D eigenvalue weighted by molar-refractivity contribution is 14.0. The van der Waals surface area contributed by atoms with E-state index in [9.17, 15) is 9.50 Å². The summed E-state index contributed by atoms with van der Waals surface area (Å²) in [6.45, 7) is 5.39. The van der Waals surface area contributed by atoms with Crippen molar-refractivity contribution in [1.82, 2.24) is 10.6 Å². The van der Waals surface area contributed by atoms with E-state index in [-0.39, 0.29) is 36.4 Å². The number of benzene rings is 1. The molecule has 2 aromatic rings. The molecule has 5 nitrogen and oxygen atoms in total. The van der Waals surface area contributed by atoms with E-state index in [0.29, 0.717) is 31.2 Å². The number of aliphatic imine (C=N–C) groups is 1. The molecule has 0 aliphatic rings. The summed E-state index contributed by atoms with van der Waals surface area (Å²) < 4.78 is 18.7. The Hall–Kier alpha value is -1.23. The van der Waals surface area contributed by atoms with Crippen molar-refractivity contribution in [1.29, 1.82) is 0 Å². The number of ether oxygens (including phenoxy) is 1. The van der Waals surface area contributed by atoms with E-state index in [1.54, 1.807) is 30.4 Å². The fourth-order valence-electron chi connectivity index (χ4n) is 2.43. The van der Waals surface area contributed by atoms with E-state index in [1.165, 1.54) is 13.2 Å². The van der Waals surface area contributed by atoms with E-state index >= 15 is 0 Å². The lowest BCUT2D eigenvalue weighted by Crippen LogP contribution is -2.44. The van der Waals surface area contributed by atoms with Gasteiger partial charge in [-0.1, -0.05) is 6.07 Å². The molecule has 0 saturated heterocycles. The summed E-state index contributed by atoms with van der Waals surface area (Å²) in [5.74, 6) is 0.317. The van der Waals surface area contributed by atoms with Crippen molar-refractivity contribution >= 4 is 41.3 Å². The average Bonchev–Trinajstić information content (AvgIpc) is 3.16. The molecular weight excluding hydrogens is 480 g/mol. The van der Waals surface area contributed by atoms with Crippen LogP contribution in [-0.4, -0.2) is 31.3 Å². The van der Waals surface area contributed by atoms with Crippen molar-refractivity contribution in [2.45, 2.75) is 32.6 Å². The molecule has 8 heteroatoms. The second-order valence-electron chi connectivity index (χ2n) is 6.19. The van der Waals surface area contributed by atoms with Gasteiger partial charge in [0.05, 0.1) is 19.7 Å². The highest BCUT2D eigenvalue weighted by Crippen LogP contribution is 2.22. The third-order valence-corrected chi connectivity index (χ3v) is 4.60. The fourth-order valence-corrected chi connectivity index (χ4v) is 3.22. The van der Waals surface area contributed by atoms with Crippen LogP contribution >= 0.6 is 35.3 Å². The Morgan fingerprint density at radius 3 is 2.74 bits per heavy atom. The van der Waals surface area contributed by atoms with E-state index in [0.717, 1.165) is 11.1 Å². The van der Waals surface area contributed by atoms with E-state index in [2.05, 4.69) is 15.6 Å². The maximum absolute atomic E-state index is 13.7. The van der Waals surface area contributed by atoms with Gasteiger partial charge >= 0.3 is 0 Å². The Morgan fingerprint density at radius 2 is 2.11 bits per heavy atom. The molecule has 1 aromatic heterocycles. The summed E-state index contributed by atoms with van der Waals surface area (Å²) in [5, 5.41) is 20.8. The van der Waals surface area contributed by atoms with Crippen molar-refractivity contribution in [2.24, 2.45) is 4.99 Å². The summed E-state index contributed by atoms with van der Waals surface area (Å²) in [5.41, 5.74) is 1.28. The van der Waals surface area contributed by atoms with Crippen LogP contribution in [0, 0.1) is 5.82 Å². The van der Waals surface area contributed by atoms with Crippen LogP contribution in [0.4, 0.5) is 4.39 Å². The van der Waals surface area contributed by atoms with Crippen molar-refractivity contribution in [3.63, 3.8) is 0 Å². The summed E-state index contributed by atoms with van der Waals surface area (Å²) in [7, 11) is 1.54. The van der Waals surface area contributed by atoms with Gasteiger partial charge in [0.1, 0.15) is 11.4 Å². The number of aliphatic hydroxyl groups is 1. The lowest BCUT2D eigenvalue weighted by molar-refractivity contribution is 0.0621. The van der Waals surface area contributed by atoms with Gasteiger partial charge < -0.3 is 20.5 Å². The molecule has 1 unspecified atom stereocenters. The van der Waals surface area contributed by atoms with Gasteiger partial charge in [0.15, 0.2) is 5.96 Å². The van der Waals surface area contributed by atoms with Crippen molar-refractivity contribution < 1.29 is 14.2 Å². The van der Waals surface area contributed by atoms with Crippen LogP contribution in [-0.2, 0) is 23.5 Å². The second kappa shape index (κ2) is 11.6. The number of thiophene rings is 1. The highest BCUT2D eigenvalue weighted by Gasteiger charge is 2.23. The van der Waals surface area contributed by atoms with Gasteiger partial charge in [-0.05, 0) is 53.9 Å².